The molecule has 0 saturated carbocycles. The van der Waals surface area contributed by atoms with Crippen LogP contribution in [0.1, 0.15) is 33.5 Å². The molecule has 98 valence electrons. The van der Waals surface area contributed by atoms with E-state index < -0.39 is 22.7 Å². The van der Waals surface area contributed by atoms with Crippen LogP contribution in [0.5, 0.6) is 0 Å². The molecule has 0 aliphatic rings. The van der Waals surface area contributed by atoms with E-state index in [2.05, 4.69) is 9.97 Å². The van der Waals surface area contributed by atoms with Crippen LogP contribution >= 0.6 is 0 Å². The number of aromatic nitrogens is 2. The minimum Gasteiger partial charge on any atom is -0.358 e. The van der Waals surface area contributed by atoms with Crippen molar-refractivity contribution in [1.29, 1.82) is 0 Å². The van der Waals surface area contributed by atoms with Gasteiger partial charge in [-0.2, -0.15) is 13.2 Å². The summed E-state index contributed by atoms with van der Waals surface area (Å²) in [5, 5.41) is 10.0. The zero-order valence-electron chi connectivity index (χ0n) is 9.95. The molecule has 1 rings (SSSR count). The Hall–Kier alpha value is -1.73. The molecule has 0 amide bonds. The van der Waals surface area contributed by atoms with Gasteiger partial charge in [-0.1, -0.05) is 27.7 Å². The number of nitro groups is 1. The van der Waals surface area contributed by atoms with Gasteiger partial charge in [-0.05, 0) is 9.91 Å². The molecule has 5 nitrogen and oxygen atoms in total. The van der Waals surface area contributed by atoms with Crippen LogP contribution in [0.3, 0.4) is 0 Å². The number of nitrogens with zero attached hydrogens (tertiary/aromatic N) is 3. The molecule has 0 aliphatic heterocycles. The van der Waals surface area contributed by atoms with E-state index in [-0.39, 0.29) is 0 Å². The molecule has 0 spiro atoms. The van der Waals surface area contributed by atoms with Gasteiger partial charge in [-0.15, -0.1) is 0 Å². The summed E-state index contributed by atoms with van der Waals surface area (Å²) in [5.41, 5.74) is 0. The third-order valence-corrected chi connectivity index (χ3v) is 1.08. The first-order chi connectivity index (χ1) is 7.91. The van der Waals surface area contributed by atoms with E-state index in [1.54, 1.807) is 0 Å². The maximum absolute atomic E-state index is 11.9. The molecule has 0 bridgehead atoms. The summed E-state index contributed by atoms with van der Waals surface area (Å²) in [4.78, 5) is 14.6. The molecule has 1 heterocycles. The number of alkyl halides is 3. The van der Waals surface area contributed by atoms with E-state index in [0.717, 1.165) is 6.07 Å². The van der Waals surface area contributed by atoms with Crippen molar-refractivity contribution in [3.63, 3.8) is 0 Å². The molecule has 8 heteroatoms. The molecule has 0 aliphatic carbocycles. The first-order valence-corrected chi connectivity index (χ1v) is 4.96. The standard InChI is InChI=1S/C5H2F3N3O2.2C2H6/c6-5(7,8)4-9-2-1-3(10-4)11(12)13;2*1-2/h1-2H;2*1-2H3. The Morgan fingerprint density at radius 2 is 1.71 bits per heavy atom. The number of hydrogen-bond acceptors (Lipinski definition) is 4. The van der Waals surface area contributed by atoms with Crippen molar-refractivity contribution >= 4 is 5.82 Å². The van der Waals surface area contributed by atoms with Crippen molar-refractivity contribution in [2.45, 2.75) is 33.9 Å². The topological polar surface area (TPSA) is 68.9 Å². The lowest BCUT2D eigenvalue weighted by Gasteiger charge is -1.98. The fraction of sp³-hybridized carbons (Fsp3) is 0.556. The Balaban J connectivity index is 0. The van der Waals surface area contributed by atoms with E-state index in [1.165, 1.54) is 0 Å². The molecular weight excluding hydrogens is 239 g/mol. The van der Waals surface area contributed by atoms with E-state index in [4.69, 9.17) is 0 Å². The molecule has 0 saturated heterocycles. The van der Waals surface area contributed by atoms with Crippen molar-refractivity contribution in [2.75, 3.05) is 0 Å². The molecule has 17 heavy (non-hydrogen) atoms. The Morgan fingerprint density at radius 3 is 2.06 bits per heavy atom. The minimum atomic E-state index is -4.76. The quantitative estimate of drug-likeness (QED) is 0.567. The number of rotatable bonds is 1. The van der Waals surface area contributed by atoms with Crippen LogP contribution in [0.2, 0.25) is 0 Å². The molecule has 0 aromatic carbocycles. The first-order valence-electron chi connectivity index (χ1n) is 4.96. The van der Waals surface area contributed by atoms with E-state index >= 15 is 0 Å². The number of hydrogen-bond donors (Lipinski definition) is 0. The van der Waals surface area contributed by atoms with Gasteiger partial charge in [0.15, 0.2) is 0 Å². The van der Waals surface area contributed by atoms with Crippen molar-refractivity contribution in [2.24, 2.45) is 0 Å². The lowest BCUT2D eigenvalue weighted by Crippen LogP contribution is -2.11. The number of halogens is 3. The van der Waals surface area contributed by atoms with Gasteiger partial charge in [0.05, 0.1) is 6.07 Å². The van der Waals surface area contributed by atoms with Gasteiger partial charge in [0.25, 0.3) is 0 Å². The average Bonchev–Trinajstić information content (AvgIpc) is 2.33. The van der Waals surface area contributed by atoms with Crippen LogP contribution in [0.15, 0.2) is 12.3 Å². The predicted octanol–water partition coefficient (Wildman–Crippen LogP) is 3.46. The van der Waals surface area contributed by atoms with Gasteiger partial charge in [-0.25, -0.2) is 4.98 Å². The molecular formula is C9H14F3N3O2. The smallest absolute Gasteiger partial charge is 0.358 e. The van der Waals surface area contributed by atoms with Crippen LogP contribution in [0, 0.1) is 10.1 Å². The fourth-order valence-corrected chi connectivity index (χ4v) is 0.587. The van der Waals surface area contributed by atoms with Crippen LogP contribution in [-0.4, -0.2) is 14.9 Å². The fourth-order valence-electron chi connectivity index (χ4n) is 0.587. The second-order valence-corrected chi connectivity index (χ2v) is 1.99. The van der Waals surface area contributed by atoms with Gasteiger partial charge in [0.2, 0.25) is 0 Å². The highest BCUT2D eigenvalue weighted by atomic mass is 19.4. The highest BCUT2D eigenvalue weighted by molar-refractivity contribution is 5.16. The molecule has 1 aromatic rings. The van der Waals surface area contributed by atoms with Gasteiger partial charge in [0, 0.05) is 6.20 Å². The molecule has 0 fully saturated rings. The summed E-state index contributed by atoms with van der Waals surface area (Å²) in [6.07, 6.45) is -4.07. The van der Waals surface area contributed by atoms with Crippen LogP contribution in [0.4, 0.5) is 19.0 Å². The van der Waals surface area contributed by atoms with Gasteiger partial charge in [0.1, 0.15) is 0 Å². The minimum absolute atomic E-state index is 0.688. The zero-order chi connectivity index (χ0) is 14.1. The summed E-state index contributed by atoms with van der Waals surface area (Å²) in [5.74, 6) is -2.39. The lowest BCUT2D eigenvalue weighted by atomic mass is 10.5. The van der Waals surface area contributed by atoms with Crippen molar-refractivity contribution in [3.05, 3.63) is 28.2 Å². The largest absolute Gasteiger partial charge is 0.477 e. The SMILES string of the molecule is CC.CC.O=[N+]([O-])c1ccnc(C(F)(F)F)n1. The Labute approximate surface area is 96.9 Å². The third-order valence-electron chi connectivity index (χ3n) is 1.08. The average molecular weight is 253 g/mol. The van der Waals surface area contributed by atoms with Crippen molar-refractivity contribution in [1.82, 2.24) is 9.97 Å². The Bertz CT molecular complexity index is 343. The van der Waals surface area contributed by atoms with Gasteiger partial charge >= 0.3 is 17.8 Å². The van der Waals surface area contributed by atoms with E-state index in [9.17, 15) is 23.3 Å². The maximum atomic E-state index is 11.9. The monoisotopic (exact) mass is 253 g/mol. The van der Waals surface area contributed by atoms with Gasteiger partial charge < -0.3 is 10.1 Å². The first kappa shape index (κ1) is 17.7. The zero-order valence-corrected chi connectivity index (χ0v) is 9.95. The molecule has 1 aromatic heterocycles. The highest BCUT2D eigenvalue weighted by Gasteiger charge is 2.39. The second-order valence-electron chi connectivity index (χ2n) is 1.99. The van der Waals surface area contributed by atoms with Crippen molar-refractivity contribution in [3.8, 4) is 0 Å². The molecule has 0 radical (unpaired) electrons. The molecule has 0 N–H and O–H groups in total. The lowest BCUT2D eigenvalue weighted by molar-refractivity contribution is -0.390. The van der Waals surface area contributed by atoms with Crippen LogP contribution in [0.25, 0.3) is 0 Å². The third kappa shape index (κ3) is 6.44. The summed E-state index contributed by atoms with van der Waals surface area (Å²) < 4.78 is 35.7. The predicted molar refractivity (Wildman–Crippen MR) is 56.4 cm³/mol. The van der Waals surface area contributed by atoms with Gasteiger partial charge in [-0.3, -0.25) is 0 Å². The van der Waals surface area contributed by atoms with Crippen LogP contribution < -0.4 is 0 Å². The summed E-state index contributed by atoms with van der Waals surface area (Å²) >= 11 is 0. The van der Waals surface area contributed by atoms with Crippen molar-refractivity contribution < 1.29 is 18.1 Å². The summed E-state index contributed by atoms with van der Waals surface area (Å²) in [6, 6.07) is 0.787. The maximum Gasteiger partial charge on any atom is 0.477 e. The second kappa shape index (κ2) is 8.43. The molecule has 0 unspecified atom stereocenters. The highest BCUT2D eigenvalue weighted by Crippen LogP contribution is 2.26. The summed E-state index contributed by atoms with van der Waals surface area (Å²) in [7, 11) is 0. The Kier molecular flexibility index (Phi) is 8.75. The van der Waals surface area contributed by atoms with E-state index in [1.807, 2.05) is 27.7 Å². The summed E-state index contributed by atoms with van der Waals surface area (Å²) in [6.45, 7) is 8.00. The Morgan fingerprint density at radius 1 is 1.24 bits per heavy atom. The normalized spacial score (nSPS) is 9.35. The molecule has 0 atom stereocenters. The van der Waals surface area contributed by atoms with E-state index in [0.29, 0.717) is 6.20 Å². The van der Waals surface area contributed by atoms with Crippen LogP contribution in [-0.2, 0) is 6.18 Å².